The summed E-state index contributed by atoms with van der Waals surface area (Å²) in [5.74, 6) is -1.88. The van der Waals surface area contributed by atoms with Crippen LogP contribution in [0.25, 0.3) is 0 Å². The summed E-state index contributed by atoms with van der Waals surface area (Å²) in [6, 6.07) is 2.80. The molecule has 7 heteroatoms. The van der Waals surface area contributed by atoms with Crippen LogP contribution in [0.3, 0.4) is 0 Å². The first-order valence-corrected chi connectivity index (χ1v) is 5.02. The van der Waals surface area contributed by atoms with Crippen molar-refractivity contribution < 1.29 is 26.8 Å². The molecule has 92 valence electrons. The molecule has 3 nitrogen and oxygen atoms in total. The van der Waals surface area contributed by atoms with Crippen molar-refractivity contribution in [3.05, 3.63) is 47.2 Å². The molecule has 0 bridgehead atoms. The molecule has 17 heavy (non-hydrogen) atoms. The van der Waals surface area contributed by atoms with Crippen molar-refractivity contribution >= 4 is 21.7 Å². The van der Waals surface area contributed by atoms with E-state index in [9.17, 15) is 18.0 Å². The Labute approximate surface area is 102 Å². The van der Waals surface area contributed by atoms with Gasteiger partial charge in [0.05, 0.1) is 22.6 Å². The molecule has 0 aliphatic rings. The Morgan fingerprint density at radius 1 is 1.12 bits per heavy atom. The van der Waals surface area contributed by atoms with Crippen molar-refractivity contribution in [1.82, 2.24) is 0 Å². The lowest BCUT2D eigenvalue weighted by Gasteiger charge is -2.00. The standard InChI is InChI=1S/C6H3F3O2.C4H3BrO/c7-6(8,9)5(10)4-1-2-11-3-4;5-4-1-2-6-3-4/h1-3H;1-3H. The minimum absolute atomic E-state index is 0.475. The van der Waals surface area contributed by atoms with Crippen LogP contribution in [-0.4, -0.2) is 12.0 Å². The van der Waals surface area contributed by atoms with Gasteiger partial charge in [-0.1, -0.05) is 0 Å². The number of carbonyl (C=O) groups is 1. The van der Waals surface area contributed by atoms with Gasteiger partial charge >= 0.3 is 6.18 Å². The third kappa shape index (κ3) is 4.48. The van der Waals surface area contributed by atoms with Crippen LogP contribution >= 0.6 is 15.9 Å². The molecule has 0 aromatic carbocycles. The van der Waals surface area contributed by atoms with Crippen LogP contribution in [0.4, 0.5) is 13.2 Å². The molecular weight excluding hydrogens is 305 g/mol. The van der Waals surface area contributed by atoms with Crippen molar-refractivity contribution in [1.29, 1.82) is 0 Å². The van der Waals surface area contributed by atoms with E-state index in [0.717, 1.165) is 23.1 Å². The Morgan fingerprint density at radius 3 is 2.00 bits per heavy atom. The smallest absolute Gasteiger partial charge is 0.454 e. The van der Waals surface area contributed by atoms with E-state index in [1.54, 1.807) is 12.5 Å². The fraction of sp³-hybridized carbons (Fsp3) is 0.100. The monoisotopic (exact) mass is 310 g/mol. The number of Topliss-reactive ketones (excluding diaryl/α,β-unsaturated/α-hetero) is 1. The van der Waals surface area contributed by atoms with Crippen molar-refractivity contribution in [2.75, 3.05) is 0 Å². The summed E-state index contributed by atoms with van der Waals surface area (Å²) in [4.78, 5) is 10.3. The molecule has 2 aromatic rings. The summed E-state index contributed by atoms with van der Waals surface area (Å²) in [5.41, 5.74) is -0.475. The van der Waals surface area contributed by atoms with Crippen LogP contribution in [0, 0.1) is 0 Å². The Bertz CT molecular complexity index is 446. The average molecular weight is 311 g/mol. The summed E-state index contributed by atoms with van der Waals surface area (Å²) in [6.45, 7) is 0. The molecule has 0 aliphatic heterocycles. The molecule has 0 aliphatic carbocycles. The second-order valence-electron chi connectivity index (χ2n) is 2.78. The van der Waals surface area contributed by atoms with Gasteiger partial charge in [-0.2, -0.15) is 13.2 Å². The van der Waals surface area contributed by atoms with Crippen LogP contribution in [0.1, 0.15) is 10.4 Å². The minimum Gasteiger partial charge on any atom is -0.472 e. The van der Waals surface area contributed by atoms with Gasteiger partial charge in [0.15, 0.2) is 0 Å². The van der Waals surface area contributed by atoms with Gasteiger partial charge in [0.2, 0.25) is 0 Å². The van der Waals surface area contributed by atoms with E-state index in [1.807, 2.05) is 6.07 Å². The first-order chi connectivity index (χ1) is 7.91. The maximum Gasteiger partial charge on any atom is 0.454 e. The van der Waals surface area contributed by atoms with Crippen LogP contribution in [0.2, 0.25) is 0 Å². The molecule has 2 aromatic heterocycles. The number of furan rings is 2. The highest BCUT2D eigenvalue weighted by atomic mass is 79.9. The van der Waals surface area contributed by atoms with Crippen molar-refractivity contribution in [2.24, 2.45) is 0 Å². The van der Waals surface area contributed by atoms with Gasteiger partial charge < -0.3 is 8.83 Å². The summed E-state index contributed by atoms with van der Waals surface area (Å²) in [6.07, 6.45) is 0.197. The Kier molecular flexibility index (Phi) is 4.56. The molecular formula is C10H6BrF3O3. The van der Waals surface area contributed by atoms with Gasteiger partial charge in [0.25, 0.3) is 5.78 Å². The molecule has 0 spiro atoms. The molecule has 0 saturated carbocycles. The maximum atomic E-state index is 11.6. The van der Waals surface area contributed by atoms with E-state index in [4.69, 9.17) is 0 Å². The first kappa shape index (κ1) is 13.6. The quantitative estimate of drug-likeness (QED) is 0.746. The zero-order valence-electron chi connectivity index (χ0n) is 8.20. The summed E-state index contributed by atoms with van der Waals surface area (Å²) >= 11 is 3.19. The van der Waals surface area contributed by atoms with Gasteiger partial charge in [0, 0.05) is 0 Å². The van der Waals surface area contributed by atoms with E-state index in [1.165, 1.54) is 0 Å². The zero-order chi connectivity index (χ0) is 12.9. The molecule has 2 rings (SSSR count). The average Bonchev–Trinajstić information content (AvgIpc) is 2.87. The first-order valence-electron chi connectivity index (χ1n) is 4.22. The molecule has 2 heterocycles. The highest BCUT2D eigenvalue weighted by Gasteiger charge is 2.39. The van der Waals surface area contributed by atoms with Gasteiger partial charge in [-0.05, 0) is 28.1 Å². The highest BCUT2D eigenvalue weighted by Crippen LogP contribution is 2.21. The second-order valence-corrected chi connectivity index (χ2v) is 3.70. The van der Waals surface area contributed by atoms with Crippen molar-refractivity contribution in [3.8, 4) is 0 Å². The summed E-state index contributed by atoms with van der Waals surface area (Å²) in [5, 5.41) is 0. The number of rotatable bonds is 1. The molecule has 0 atom stereocenters. The summed E-state index contributed by atoms with van der Waals surface area (Å²) < 4.78 is 44.8. The molecule has 0 unspecified atom stereocenters. The van der Waals surface area contributed by atoms with E-state index in [-0.39, 0.29) is 0 Å². The predicted octanol–water partition coefficient (Wildman–Crippen LogP) is 4.07. The highest BCUT2D eigenvalue weighted by molar-refractivity contribution is 9.10. The number of hydrogen-bond donors (Lipinski definition) is 0. The Hall–Kier alpha value is -1.50. The molecule has 0 radical (unpaired) electrons. The van der Waals surface area contributed by atoms with Gasteiger partial charge in [-0.3, -0.25) is 4.79 Å². The maximum absolute atomic E-state index is 11.6. The van der Waals surface area contributed by atoms with Crippen molar-refractivity contribution in [2.45, 2.75) is 6.18 Å². The topological polar surface area (TPSA) is 43.4 Å². The number of ketones is 1. The fourth-order valence-electron chi connectivity index (χ4n) is 0.805. The van der Waals surface area contributed by atoms with Crippen LogP contribution in [0.15, 0.2) is 50.5 Å². The largest absolute Gasteiger partial charge is 0.472 e. The molecule has 0 fully saturated rings. The number of hydrogen-bond acceptors (Lipinski definition) is 3. The Balaban J connectivity index is 0.000000202. The molecule has 0 N–H and O–H groups in total. The third-order valence-electron chi connectivity index (χ3n) is 1.53. The van der Waals surface area contributed by atoms with E-state index in [0.29, 0.717) is 0 Å². The third-order valence-corrected chi connectivity index (χ3v) is 1.98. The summed E-state index contributed by atoms with van der Waals surface area (Å²) in [7, 11) is 0. The number of carbonyl (C=O) groups excluding carboxylic acids is 1. The van der Waals surface area contributed by atoms with Gasteiger partial charge in [-0.25, -0.2) is 0 Å². The molecule has 0 amide bonds. The van der Waals surface area contributed by atoms with Crippen LogP contribution in [0.5, 0.6) is 0 Å². The van der Waals surface area contributed by atoms with Gasteiger partial charge in [-0.15, -0.1) is 0 Å². The normalized spacial score (nSPS) is 10.6. The zero-order valence-corrected chi connectivity index (χ0v) is 9.79. The predicted molar refractivity (Wildman–Crippen MR) is 55.5 cm³/mol. The fourth-order valence-corrected chi connectivity index (χ4v) is 1.02. The second kappa shape index (κ2) is 5.72. The molecule has 0 saturated heterocycles. The number of halogens is 4. The van der Waals surface area contributed by atoms with E-state index < -0.39 is 17.5 Å². The lowest BCUT2D eigenvalue weighted by molar-refractivity contribution is -0.0885. The number of alkyl halides is 3. The SMILES string of the molecule is Brc1ccoc1.O=C(c1ccoc1)C(F)(F)F. The lowest BCUT2D eigenvalue weighted by atomic mass is 10.2. The van der Waals surface area contributed by atoms with Crippen molar-refractivity contribution in [3.63, 3.8) is 0 Å². The van der Waals surface area contributed by atoms with Gasteiger partial charge in [0.1, 0.15) is 12.5 Å². The van der Waals surface area contributed by atoms with E-state index >= 15 is 0 Å². The lowest BCUT2D eigenvalue weighted by Crippen LogP contribution is -2.21. The van der Waals surface area contributed by atoms with Crippen LogP contribution < -0.4 is 0 Å². The Morgan fingerprint density at radius 2 is 1.71 bits per heavy atom. The van der Waals surface area contributed by atoms with E-state index in [2.05, 4.69) is 24.8 Å². The van der Waals surface area contributed by atoms with Crippen LogP contribution in [-0.2, 0) is 0 Å². The minimum atomic E-state index is -4.82.